The van der Waals surface area contributed by atoms with E-state index < -0.39 is 0 Å². The van der Waals surface area contributed by atoms with Gasteiger partial charge in [-0.25, -0.2) is 0 Å². The number of amides is 1. The topological polar surface area (TPSA) is 48.2 Å². The van der Waals surface area contributed by atoms with Crippen LogP contribution >= 0.6 is 21.6 Å². The highest BCUT2D eigenvalue weighted by atomic mass is 33.1. The lowest BCUT2D eigenvalue weighted by Crippen LogP contribution is -2.42. The van der Waals surface area contributed by atoms with Gasteiger partial charge in [-0.1, -0.05) is 45.9 Å². The van der Waals surface area contributed by atoms with Crippen molar-refractivity contribution in [3.05, 3.63) is 59.9 Å². The van der Waals surface area contributed by atoms with Crippen molar-refractivity contribution in [2.45, 2.75) is 19.4 Å². The minimum absolute atomic E-state index is 0.0483. The van der Waals surface area contributed by atoms with E-state index in [1.54, 1.807) is 10.8 Å². The van der Waals surface area contributed by atoms with Gasteiger partial charge in [-0.3, -0.25) is 4.79 Å². The van der Waals surface area contributed by atoms with Crippen molar-refractivity contribution in [3.8, 4) is 0 Å². The zero-order valence-electron chi connectivity index (χ0n) is 18.3. The number of aromatic nitrogens is 1. The fourth-order valence-electron chi connectivity index (χ4n) is 3.36. The number of anilines is 1. The molecule has 7 heteroatoms. The van der Waals surface area contributed by atoms with Gasteiger partial charge in [0.25, 0.3) is 5.91 Å². The smallest absolute Gasteiger partial charge is 0.286 e. The molecule has 2 aromatic rings. The molecule has 0 bridgehead atoms. The molecule has 2 heterocycles. The second kappa shape index (κ2) is 13.5. The number of hydrogen-bond acceptors (Lipinski definition) is 5. The van der Waals surface area contributed by atoms with Crippen LogP contribution in [0.25, 0.3) is 12.2 Å². The minimum Gasteiger partial charge on any atom is -0.372 e. The summed E-state index contributed by atoms with van der Waals surface area (Å²) in [6.45, 7) is 4.41. The Morgan fingerprint density at radius 3 is 2.23 bits per heavy atom. The van der Waals surface area contributed by atoms with Crippen LogP contribution in [0.5, 0.6) is 0 Å². The fraction of sp³-hybridized carbons (Fsp3) is 0.417. The highest BCUT2D eigenvalue weighted by Crippen LogP contribution is 2.21. The highest BCUT2D eigenvalue weighted by molar-refractivity contribution is 8.76. The Bertz CT molecular complexity index is 818. The van der Waals surface area contributed by atoms with Gasteiger partial charge in [0.1, 0.15) is 0 Å². The largest absolute Gasteiger partial charge is 0.372 e. The zero-order chi connectivity index (χ0) is 21.7. The maximum atomic E-state index is 12.1. The predicted molar refractivity (Wildman–Crippen MR) is 135 cm³/mol. The van der Waals surface area contributed by atoms with Crippen molar-refractivity contribution in [2.24, 2.45) is 0 Å². The zero-order valence-corrected chi connectivity index (χ0v) is 19.9. The van der Waals surface area contributed by atoms with Gasteiger partial charge in [0.05, 0.1) is 0 Å². The van der Waals surface area contributed by atoms with Gasteiger partial charge in [0.2, 0.25) is 6.54 Å². The van der Waals surface area contributed by atoms with Gasteiger partial charge in [0, 0.05) is 55.5 Å². The van der Waals surface area contributed by atoms with Crippen LogP contribution < -0.4 is 20.1 Å². The summed E-state index contributed by atoms with van der Waals surface area (Å²) in [5, 5.41) is 6.10. The normalized spacial score (nSPS) is 13.8. The van der Waals surface area contributed by atoms with Crippen molar-refractivity contribution in [2.75, 3.05) is 49.6 Å². The average Bonchev–Trinajstić information content (AvgIpc) is 3.33. The summed E-state index contributed by atoms with van der Waals surface area (Å²) in [5.74, 6) is 2.05. The molecule has 0 unspecified atom stereocenters. The molecule has 1 aromatic carbocycles. The first-order chi connectivity index (χ1) is 15.2. The number of rotatable bonds is 12. The number of benzene rings is 1. The second-order valence-corrected chi connectivity index (χ2v) is 10.2. The number of nitrogens with one attached hydrogen (secondary N) is 2. The monoisotopic (exact) mass is 457 g/mol. The molecule has 1 aliphatic rings. The number of carbonyl (C=O) groups is 1. The van der Waals surface area contributed by atoms with Crippen LogP contribution in [0.2, 0.25) is 0 Å². The lowest BCUT2D eigenvalue weighted by atomic mass is 10.1. The summed E-state index contributed by atoms with van der Waals surface area (Å²) in [6, 6.07) is 12.8. The quantitative estimate of drug-likeness (QED) is 0.290. The van der Waals surface area contributed by atoms with Crippen LogP contribution in [0.15, 0.2) is 48.8 Å². The summed E-state index contributed by atoms with van der Waals surface area (Å²) < 4.78 is 1.91. The Hall–Kier alpha value is -1.96. The number of hydrogen-bond donors (Lipinski definition) is 2. The molecule has 1 aliphatic heterocycles. The molecule has 0 aliphatic carbocycles. The third kappa shape index (κ3) is 8.59. The first kappa shape index (κ1) is 23.7. The summed E-state index contributed by atoms with van der Waals surface area (Å²) in [7, 11) is 5.59. The van der Waals surface area contributed by atoms with Crippen LogP contribution in [0.3, 0.4) is 0 Å². The maximum Gasteiger partial charge on any atom is 0.286 e. The van der Waals surface area contributed by atoms with Crippen molar-refractivity contribution < 1.29 is 9.36 Å². The van der Waals surface area contributed by atoms with E-state index in [2.05, 4.69) is 52.0 Å². The second-order valence-electron chi connectivity index (χ2n) is 7.52. The molecule has 0 radical (unpaired) electrons. The number of nitrogens with zero attached hydrogens (tertiary/aromatic N) is 2. The van der Waals surface area contributed by atoms with Crippen LogP contribution in [-0.2, 0) is 11.3 Å². The standard InChI is InChI=1S/C24H32N4OS2/c1-25-12-18-30-31-19-13-26-24(29)20-27-16-10-22(11-17-27)5-4-21-6-8-23(9-7-21)28-14-2-3-15-28/h4-11,16-17,25H,2-3,12-15,18-20H2,1H3/p+1. The minimum atomic E-state index is 0.0483. The van der Waals surface area contributed by atoms with E-state index in [0.717, 1.165) is 23.6 Å². The van der Waals surface area contributed by atoms with Crippen molar-refractivity contribution in [1.82, 2.24) is 10.6 Å². The SMILES string of the molecule is CNCCSSCCNC(=O)C[n+]1ccc(/C=C/c2ccc(N3CCCC3)cc2)cc1. The molecule has 1 aromatic heterocycles. The molecule has 2 N–H and O–H groups in total. The average molecular weight is 458 g/mol. The molecule has 3 rings (SSSR count). The molecule has 166 valence electrons. The summed E-state index contributed by atoms with van der Waals surface area (Å²) in [4.78, 5) is 14.5. The number of carbonyl (C=O) groups excluding carboxylic acids is 1. The number of pyridine rings is 1. The molecule has 1 amide bonds. The van der Waals surface area contributed by atoms with Gasteiger partial charge < -0.3 is 15.5 Å². The fourth-order valence-corrected chi connectivity index (χ4v) is 5.28. The molecule has 1 fully saturated rings. The van der Waals surface area contributed by atoms with Crippen LogP contribution in [0.1, 0.15) is 24.0 Å². The van der Waals surface area contributed by atoms with E-state index in [9.17, 15) is 4.79 Å². The molecule has 0 atom stereocenters. The Labute approximate surface area is 194 Å². The molecule has 1 saturated heterocycles. The first-order valence-corrected chi connectivity index (χ1v) is 13.4. The molecule has 0 saturated carbocycles. The molecule has 5 nitrogen and oxygen atoms in total. The van der Waals surface area contributed by atoms with E-state index in [1.165, 1.54) is 37.2 Å². The Morgan fingerprint density at radius 2 is 1.58 bits per heavy atom. The van der Waals surface area contributed by atoms with Crippen LogP contribution in [-0.4, -0.2) is 50.6 Å². The van der Waals surface area contributed by atoms with Gasteiger partial charge >= 0.3 is 0 Å². The van der Waals surface area contributed by atoms with Crippen LogP contribution in [0.4, 0.5) is 5.69 Å². The Morgan fingerprint density at radius 1 is 0.968 bits per heavy atom. The molecule has 0 spiro atoms. The Kier molecular flexibility index (Phi) is 10.3. The van der Waals surface area contributed by atoms with E-state index >= 15 is 0 Å². The van der Waals surface area contributed by atoms with Crippen molar-refractivity contribution in [3.63, 3.8) is 0 Å². The Balaban J connectivity index is 1.38. The van der Waals surface area contributed by atoms with Gasteiger partial charge in [0.15, 0.2) is 12.4 Å². The summed E-state index contributed by atoms with van der Waals surface area (Å²) in [6.07, 6.45) is 10.8. The molecular formula is C24H33N4OS2+. The predicted octanol–water partition coefficient (Wildman–Crippen LogP) is 3.46. The lowest BCUT2D eigenvalue weighted by molar-refractivity contribution is -0.684. The summed E-state index contributed by atoms with van der Waals surface area (Å²) in [5.41, 5.74) is 3.64. The highest BCUT2D eigenvalue weighted by Gasteiger charge is 2.11. The van der Waals surface area contributed by atoms with E-state index in [1.807, 2.05) is 46.9 Å². The van der Waals surface area contributed by atoms with Gasteiger partial charge in [-0.15, -0.1) is 0 Å². The van der Waals surface area contributed by atoms with Crippen molar-refractivity contribution in [1.29, 1.82) is 0 Å². The first-order valence-electron chi connectivity index (χ1n) is 10.9. The molecular weight excluding hydrogens is 424 g/mol. The third-order valence-corrected chi connectivity index (χ3v) is 7.51. The van der Waals surface area contributed by atoms with Gasteiger partial charge in [-0.2, -0.15) is 4.57 Å². The van der Waals surface area contributed by atoms with E-state index in [4.69, 9.17) is 0 Å². The van der Waals surface area contributed by atoms with Crippen LogP contribution in [0, 0.1) is 0 Å². The van der Waals surface area contributed by atoms with E-state index in [-0.39, 0.29) is 5.91 Å². The van der Waals surface area contributed by atoms with Gasteiger partial charge in [-0.05, 0) is 43.1 Å². The third-order valence-electron chi connectivity index (χ3n) is 5.10. The van der Waals surface area contributed by atoms with Crippen molar-refractivity contribution >= 4 is 45.3 Å². The lowest BCUT2D eigenvalue weighted by Gasteiger charge is -2.17. The maximum absolute atomic E-state index is 12.1. The summed E-state index contributed by atoms with van der Waals surface area (Å²) >= 11 is 0. The van der Waals surface area contributed by atoms with E-state index in [0.29, 0.717) is 13.1 Å². The molecule has 31 heavy (non-hydrogen) atoms.